The van der Waals surface area contributed by atoms with Gasteiger partial charge in [-0.3, -0.25) is 5.32 Å². The van der Waals surface area contributed by atoms with Crippen LogP contribution in [0.2, 0.25) is 0 Å². The van der Waals surface area contributed by atoms with Crippen molar-refractivity contribution in [2.24, 2.45) is 5.92 Å². The molecule has 3 nitrogen and oxygen atoms in total. The molecule has 1 aliphatic carbocycles. The van der Waals surface area contributed by atoms with Crippen LogP contribution >= 0.6 is 0 Å². The maximum absolute atomic E-state index is 8.90. The number of ether oxygens (including phenoxy) is 1. The van der Waals surface area contributed by atoms with Crippen molar-refractivity contribution in [1.82, 2.24) is 5.32 Å². The Hall–Kier alpha value is -0.590. The Morgan fingerprint density at radius 3 is 2.77 bits per heavy atom. The molecule has 0 aromatic rings. The zero-order chi connectivity index (χ0) is 9.73. The summed E-state index contributed by atoms with van der Waals surface area (Å²) in [5.74, 6) is 0.768. The molecule has 0 saturated heterocycles. The first-order valence-corrected chi connectivity index (χ1v) is 4.94. The van der Waals surface area contributed by atoms with Crippen LogP contribution in [-0.2, 0) is 4.74 Å². The maximum Gasteiger partial charge on any atom is 0.127 e. The number of hydrogen-bond acceptors (Lipinski definition) is 3. The van der Waals surface area contributed by atoms with Crippen LogP contribution < -0.4 is 5.32 Å². The molecular formula is C10H18N2O. The van der Waals surface area contributed by atoms with Crippen LogP contribution in [0, 0.1) is 17.2 Å². The van der Waals surface area contributed by atoms with Crippen LogP contribution in [-0.4, -0.2) is 25.3 Å². The predicted molar refractivity (Wildman–Crippen MR) is 51.2 cm³/mol. The third-order valence-corrected chi connectivity index (χ3v) is 2.25. The summed E-state index contributed by atoms with van der Waals surface area (Å²) in [5, 5.41) is 12.0. The first kappa shape index (κ1) is 10.5. The molecule has 1 aliphatic rings. The topological polar surface area (TPSA) is 45.0 Å². The number of likely N-dealkylation sites (N-methyl/N-ethyl adjacent to an activating group) is 1. The summed E-state index contributed by atoms with van der Waals surface area (Å²) in [6.07, 6.45) is 2.59. The molecule has 1 fully saturated rings. The highest BCUT2D eigenvalue weighted by Gasteiger charge is 2.26. The average molecular weight is 182 g/mol. The second-order valence-corrected chi connectivity index (χ2v) is 3.93. The second-order valence-electron chi connectivity index (χ2n) is 3.93. The van der Waals surface area contributed by atoms with E-state index in [2.05, 4.69) is 11.4 Å². The zero-order valence-corrected chi connectivity index (χ0v) is 8.47. The lowest BCUT2D eigenvalue weighted by molar-refractivity contribution is 0.0882. The Morgan fingerprint density at radius 1 is 1.62 bits per heavy atom. The van der Waals surface area contributed by atoms with E-state index in [0.717, 1.165) is 19.1 Å². The van der Waals surface area contributed by atoms with Crippen LogP contribution in [0.3, 0.4) is 0 Å². The van der Waals surface area contributed by atoms with Crippen molar-refractivity contribution in [1.29, 1.82) is 5.26 Å². The number of hydrogen-bond donors (Lipinski definition) is 1. The molecule has 1 atom stereocenters. The van der Waals surface area contributed by atoms with Gasteiger partial charge in [0.25, 0.3) is 0 Å². The van der Waals surface area contributed by atoms with Crippen molar-refractivity contribution in [3.8, 4) is 6.07 Å². The Kier molecular flexibility index (Phi) is 3.71. The molecule has 0 aliphatic heterocycles. The number of nitriles is 1. The number of nitrogens with one attached hydrogen (secondary N) is 1. The van der Waals surface area contributed by atoms with Gasteiger partial charge in [-0.1, -0.05) is 6.92 Å². The minimum absolute atomic E-state index is 0.494. The van der Waals surface area contributed by atoms with E-state index in [-0.39, 0.29) is 0 Å². The second kappa shape index (κ2) is 4.59. The Balaban J connectivity index is 2.17. The molecule has 0 amide bonds. The lowest BCUT2D eigenvalue weighted by Gasteiger charge is -2.22. The quantitative estimate of drug-likeness (QED) is 0.673. The van der Waals surface area contributed by atoms with Crippen LogP contribution in [0.1, 0.15) is 26.7 Å². The van der Waals surface area contributed by atoms with Gasteiger partial charge in [-0.05, 0) is 32.2 Å². The first-order valence-electron chi connectivity index (χ1n) is 4.94. The van der Waals surface area contributed by atoms with Gasteiger partial charge in [0.1, 0.15) is 5.54 Å². The Bertz CT molecular complexity index is 196. The summed E-state index contributed by atoms with van der Waals surface area (Å²) in [7, 11) is 0. The molecule has 0 heterocycles. The fraction of sp³-hybridized carbons (Fsp3) is 0.900. The number of rotatable bonds is 6. The molecule has 1 N–H and O–H groups in total. The molecule has 1 rings (SSSR count). The highest BCUT2D eigenvalue weighted by atomic mass is 16.5. The largest absolute Gasteiger partial charge is 0.378 e. The molecule has 0 bridgehead atoms. The Morgan fingerprint density at radius 2 is 2.31 bits per heavy atom. The summed E-state index contributed by atoms with van der Waals surface area (Å²) < 4.78 is 5.48. The maximum atomic E-state index is 8.90. The summed E-state index contributed by atoms with van der Waals surface area (Å²) >= 11 is 0. The summed E-state index contributed by atoms with van der Waals surface area (Å²) in [6.45, 7) is 5.99. The van der Waals surface area contributed by atoms with E-state index in [0.29, 0.717) is 6.61 Å². The highest BCUT2D eigenvalue weighted by Crippen LogP contribution is 2.28. The molecule has 3 heteroatoms. The van der Waals surface area contributed by atoms with Gasteiger partial charge >= 0.3 is 0 Å². The van der Waals surface area contributed by atoms with Crippen molar-refractivity contribution in [3.05, 3.63) is 0 Å². The van der Waals surface area contributed by atoms with Crippen LogP contribution in [0.4, 0.5) is 0 Å². The summed E-state index contributed by atoms with van der Waals surface area (Å²) in [6, 6.07) is 2.24. The minimum atomic E-state index is -0.510. The molecule has 0 aromatic carbocycles. The van der Waals surface area contributed by atoms with Crippen molar-refractivity contribution in [2.45, 2.75) is 32.2 Å². The van der Waals surface area contributed by atoms with Crippen LogP contribution in [0.25, 0.3) is 0 Å². The van der Waals surface area contributed by atoms with Gasteiger partial charge in [0, 0.05) is 6.61 Å². The fourth-order valence-corrected chi connectivity index (χ4v) is 1.23. The van der Waals surface area contributed by atoms with Crippen LogP contribution in [0.5, 0.6) is 0 Å². The van der Waals surface area contributed by atoms with Gasteiger partial charge in [0.2, 0.25) is 0 Å². The molecule has 74 valence electrons. The minimum Gasteiger partial charge on any atom is -0.378 e. The molecule has 0 radical (unpaired) electrons. The van der Waals surface area contributed by atoms with Gasteiger partial charge in [-0.2, -0.15) is 5.26 Å². The van der Waals surface area contributed by atoms with Crippen molar-refractivity contribution < 1.29 is 4.74 Å². The highest BCUT2D eigenvalue weighted by molar-refractivity contribution is 5.03. The zero-order valence-electron chi connectivity index (χ0n) is 8.47. The van der Waals surface area contributed by atoms with Crippen molar-refractivity contribution in [2.75, 3.05) is 19.8 Å². The lowest BCUT2D eigenvalue weighted by atomic mass is 10.1. The number of nitrogens with zero attached hydrogens (tertiary/aromatic N) is 1. The SMILES string of the molecule is CCNC(C)(C#N)COCC1CC1. The van der Waals surface area contributed by atoms with E-state index in [1.54, 1.807) is 0 Å². The predicted octanol–water partition coefficient (Wildman–Crippen LogP) is 1.30. The van der Waals surface area contributed by atoms with E-state index >= 15 is 0 Å². The van der Waals surface area contributed by atoms with E-state index in [1.807, 2.05) is 13.8 Å². The van der Waals surface area contributed by atoms with E-state index in [4.69, 9.17) is 10.00 Å². The van der Waals surface area contributed by atoms with Crippen molar-refractivity contribution in [3.63, 3.8) is 0 Å². The van der Waals surface area contributed by atoms with Crippen molar-refractivity contribution >= 4 is 0 Å². The molecular weight excluding hydrogens is 164 g/mol. The van der Waals surface area contributed by atoms with Gasteiger partial charge in [0.05, 0.1) is 12.7 Å². The standard InChI is InChI=1S/C10H18N2O/c1-3-12-10(2,7-11)8-13-6-9-4-5-9/h9,12H,3-6,8H2,1-2H3. The van der Waals surface area contributed by atoms with Gasteiger partial charge in [-0.15, -0.1) is 0 Å². The van der Waals surface area contributed by atoms with Gasteiger partial charge in [0.15, 0.2) is 0 Å². The summed E-state index contributed by atoms with van der Waals surface area (Å²) in [5.41, 5.74) is -0.510. The fourth-order valence-electron chi connectivity index (χ4n) is 1.23. The molecule has 0 aromatic heterocycles. The molecule has 1 saturated carbocycles. The monoisotopic (exact) mass is 182 g/mol. The average Bonchev–Trinajstić information content (AvgIpc) is 2.89. The van der Waals surface area contributed by atoms with E-state index in [1.165, 1.54) is 12.8 Å². The third-order valence-electron chi connectivity index (χ3n) is 2.25. The van der Waals surface area contributed by atoms with Gasteiger partial charge < -0.3 is 4.74 Å². The lowest BCUT2D eigenvalue weighted by Crippen LogP contribution is -2.45. The van der Waals surface area contributed by atoms with E-state index in [9.17, 15) is 0 Å². The third kappa shape index (κ3) is 3.75. The smallest absolute Gasteiger partial charge is 0.127 e. The van der Waals surface area contributed by atoms with E-state index < -0.39 is 5.54 Å². The van der Waals surface area contributed by atoms with Gasteiger partial charge in [-0.25, -0.2) is 0 Å². The molecule has 13 heavy (non-hydrogen) atoms. The molecule has 1 unspecified atom stereocenters. The Labute approximate surface area is 80.1 Å². The van der Waals surface area contributed by atoms with Crippen LogP contribution in [0.15, 0.2) is 0 Å². The normalized spacial score (nSPS) is 20.7. The first-order chi connectivity index (χ1) is 6.20. The summed E-state index contributed by atoms with van der Waals surface area (Å²) in [4.78, 5) is 0. The molecule has 0 spiro atoms.